The number of hydrogen-bond acceptors (Lipinski definition) is 3. The Morgan fingerprint density at radius 2 is 1.95 bits per heavy atom. The van der Waals surface area contributed by atoms with Gasteiger partial charge in [0.15, 0.2) is 0 Å². The van der Waals surface area contributed by atoms with Gasteiger partial charge in [0, 0.05) is 20.7 Å². The Balaban J connectivity index is 2.17. The minimum Gasteiger partial charge on any atom is -0.493 e. The Bertz CT molecular complexity index is 698. The van der Waals surface area contributed by atoms with Crippen LogP contribution in [0.1, 0.15) is 12.5 Å². The van der Waals surface area contributed by atoms with Crippen molar-refractivity contribution in [3.8, 4) is 16.2 Å². The fourth-order valence-corrected chi connectivity index (χ4v) is 3.42. The van der Waals surface area contributed by atoms with Crippen LogP contribution in [0.5, 0.6) is 5.75 Å². The van der Waals surface area contributed by atoms with Gasteiger partial charge in [-0.2, -0.15) is 0 Å². The third kappa shape index (κ3) is 2.30. The molecule has 0 radical (unpaired) electrons. The summed E-state index contributed by atoms with van der Waals surface area (Å²) in [5.74, 6) is 0.795. The SMILES string of the molecule is CCOc1c(CO)cccc1-c1cc2ccccc2s1. The largest absolute Gasteiger partial charge is 0.493 e. The highest BCUT2D eigenvalue weighted by atomic mass is 32.1. The van der Waals surface area contributed by atoms with E-state index in [1.54, 1.807) is 11.3 Å². The first-order valence-electron chi connectivity index (χ1n) is 6.68. The quantitative estimate of drug-likeness (QED) is 0.766. The third-order valence-corrected chi connectivity index (χ3v) is 4.40. The minimum absolute atomic E-state index is 0.00588. The average Bonchev–Trinajstić information content (AvgIpc) is 2.91. The second kappa shape index (κ2) is 5.65. The van der Waals surface area contributed by atoms with Crippen LogP contribution in [0, 0.1) is 0 Å². The van der Waals surface area contributed by atoms with Crippen LogP contribution in [-0.2, 0) is 6.61 Å². The van der Waals surface area contributed by atoms with E-state index in [9.17, 15) is 5.11 Å². The zero-order chi connectivity index (χ0) is 13.9. The monoisotopic (exact) mass is 284 g/mol. The lowest BCUT2D eigenvalue weighted by Crippen LogP contribution is -1.98. The summed E-state index contributed by atoms with van der Waals surface area (Å²) in [5, 5.41) is 10.7. The van der Waals surface area contributed by atoms with E-state index < -0.39 is 0 Å². The number of hydrogen-bond donors (Lipinski definition) is 1. The Hall–Kier alpha value is -1.84. The van der Waals surface area contributed by atoms with Crippen LogP contribution in [0.25, 0.3) is 20.5 Å². The van der Waals surface area contributed by atoms with Gasteiger partial charge < -0.3 is 9.84 Å². The summed E-state index contributed by atoms with van der Waals surface area (Å²) in [5.41, 5.74) is 1.89. The van der Waals surface area contributed by atoms with Gasteiger partial charge in [0.1, 0.15) is 5.75 Å². The molecule has 0 unspecified atom stereocenters. The summed E-state index contributed by atoms with van der Waals surface area (Å²) in [4.78, 5) is 1.17. The molecule has 1 heterocycles. The van der Waals surface area contributed by atoms with E-state index in [4.69, 9.17) is 4.74 Å². The number of rotatable bonds is 4. The van der Waals surface area contributed by atoms with Gasteiger partial charge in [0.2, 0.25) is 0 Å². The molecule has 0 spiro atoms. The maximum atomic E-state index is 9.48. The highest BCUT2D eigenvalue weighted by Gasteiger charge is 2.13. The molecule has 3 aromatic rings. The maximum Gasteiger partial charge on any atom is 0.133 e. The molecule has 0 aliphatic rings. The number of aliphatic hydroxyl groups excluding tert-OH is 1. The normalized spacial score (nSPS) is 10.9. The standard InChI is InChI=1S/C17H16O2S/c1-2-19-17-13(11-18)7-5-8-14(17)16-10-12-6-3-4-9-15(12)20-16/h3-10,18H,2,11H2,1H3. The highest BCUT2D eigenvalue weighted by Crippen LogP contribution is 2.39. The van der Waals surface area contributed by atoms with Gasteiger partial charge >= 0.3 is 0 Å². The fraction of sp³-hybridized carbons (Fsp3) is 0.176. The molecule has 0 atom stereocenters. The van der Waals surface area contributed by atoms with Crippen molar-refractivity contribution in [1.29, 1.82) is 0 Å². The predicted molar refractivity (Wildman–Crippen MR) is 84.4 cm³/mol. The zero-order valence-electron chi connectivity index (χ0n) is 11.3. The Labute approximate surface area is 122 Å². The molecule has 0 saturated heterocycles. The molecule has 3 heteroatoms. The molecule has 3 rings (SSSR count). The zero-order valence-corrected chi connectivity index (χ0v) is 12.1. The summed E-state index contributed by atoms with van der Waals surface area (Å²) in [6.07, 6.45) is 0. The topological polar surface area (TPSA) is 29.5 Å². The van der Waals surface area contributed by atoms with Gasteiger partial charge in [-0.05, 0) is 30.5 Å². The lowest BCUT2D eigenvalue weighted by Gasteiger charge is -2.12. The maximum absolute atomic E-state index is 9.48. The van der Waals surface area contributed by atoms with Gasteiger partial charge in [0.05, 0.1) is 13.2 Å². The lowest BCUT2D eigenvalue weighted by atomic mass is 10.1. The van der Waals surface area contributed by atoms with Gasteiger partial charge in [-0.15, -0.1) is 11.3 Å². The Kier molecular flexibility index (Phi) is 3.72. The van der Waals surface area contributed by atoms with Crippen LogP contribution in [-0.4, -0.2) is 11.7 Å². The number of para-hydroxylation sites is 1. The number of fused-ring (bicyclic) bond motifs is 1. The highest BCUT2D eigenvalue weighted by molar-refractivity contribution is 7.22. The molecule has 2 aromatic carbocycles. The van der Waals surface area contributed by atoms with Gasteiger partial charge in [0.25, 0.3) is 0 Å². The molecule has 0 aliphatic carbocycles. The molecule has 1 N–H and O–H groups in total. The van der Waals surface area contributed by atoms with Crippen molar-refractivity contribution in [2.45, 2.75) is 13.5 Å². The van der Waals surface area contributed by atoms with Crippen LogP contribution in [0.4, 0.5) is 0 Å². The van der Waals surface area contributed by atoms with Crippen LogP contribution in [0.15, 0.2) is 48.5 Å². The van der Waals surface area contributed by atoms with E-state index >= 15 is 0 Å². The molecular weight excluding hydrogens is 268 g/mol. The average molecular weight is 284 g/mol. The summed E-state index contributed by atoms with van der Waals surface area (Å²) in [6, 6.07) is 16.4. The number of aliphatic hydroxyl groups is 1. The van der Waals surface area contributed by atoms with Crippen LogP contribution in [0.3, 0.4) is 0 Å². The van der Waals surface area contributed by atoms with E-state index in [2.05, 4.69) is 30.3 Å². The van der Waals surface area contributed by atoms with Crippen molar-refractivity contribution in [1.82, 2.24) is 0 Å². The van der Waals surface area contributed by atoms with Crippen molar-refractivity contribution in [2.75, 3.05) is 6.61 Å². The Morgan fingerprint density at radius 1 is 1.10 bits per heavy atom. The molecule has 1 aromatic heterocycles. The number of thiophene rings is 1. The number of ether oxygens (including phenoxy) is 1. The molecule has 20 heavy (non-hydrogen) atoms. The van der Waals surface area contributed by atoms with E-state index in [-0.39, 0.29) is 6.61 Å². The molecule has 2 nitrogen and oxygen atoms in total. The van der Waals surface area contributed by atoms with E-state index in [0.29, 0.717) is 6.61 Å². The first kappa shape index (κ1) is 13.2. The Morgan fingerprint density at radius 3 is 2.70 bits per heavy atom. The molecule has 0 saturated carbocycles. The second-order valence-electron chi connectivity index (χ2n) is 4.53. The van der Waals surface area contributed by atoms with Crippen molar-refractivity contribution >= 4 is 21.4 Å². The molecular formula is C17H16O2S. The van der Waals surface area contributed by atoms with Gasteiger partial charge in [-0.25, -0.2) is 0 Å². The van der Waals surface area contributed by atoms with Crippen molar-refractivity contribution in [3.05, 3.63) is 54.1 Å². The van der Waals surface area contributed by atoms with Crippen molar-refractivity contribution in [3.63, 3.8) is 0 Å². The summed E-state index contributed by atoms with van der Waals surface area (Å²) < 4.78 is 7.02. The molecule has 102 valence electrons. The van der Waals surface area contributed by atoms with Crippen LogP contribution < -0.4 is 4.74 Å². The van der Waals surface area contributed by atoms with Crippen LogP contribution in [0.2, 0.25) is 0 Å². The van der Waals surface area contributed by atoms with E-state index in [0.717, 1.165) is 16.9 Å². The van der Waals surface area contributed by atoms with Gasteiger partial charge in [-0.1, -0.05) is 30.3 Å². The summed E-state index contributed by atoms with van der Waals surface area (Å²) in [6.45, 7) is 2.55. The molecule has 0 fully saturated rings. The fourth-order valence-electron chi connectivity index (χ4n) is 2.33. The molecule has 0 amide bonds. The molecule has 0 bridgehead atoms. The lowest BCUT2D eigenvalue weighted by molar-refractivity contribution is 0.267. The van der Waals surface area contributed by atoms with Crippen molar-refractivity contribution in [2.24, 2.45) is 0 Å². The predicted octanol–water partition coefficient (Wildman–Crippen LogP) is 4.46. The van der Waals surface area contributed by atoms with Crippen molar-refractivity contribution < 1.29 is 9.84 Å². The first-order chi connectivity index (χ1) is 9.83. The van der Waals surface area contributed by atoms with E-state index in [1.165, 1.54) is 15.0 Å². The second-order valence-corrected chi connectivity index (χ2v) is 5.62. The molecule has 0 aliphatic heterocycles. The number of benzene rings is 2. The first-order valence-corrected chi connectivity index (χ1v) is 7.49. The van der Waals surface area contributed by atoms with Gasteiger partial charge in [-0.3, -0.25) is 0 Å². The van der Waals surface area contributed by atoms with E-state index in [1.807, 2.05) is 25.1 Å². The summed E-state index contributed by atoms with van der Waals surface area (Å²) >= 11 is 1.75. The third-order valence-electron chi connectivity index (χ3n) is 3.25. The summed E-state index contributed by atoms with van der Waals surface area (Å²) in [7, 11) is 0. The van der Waals surface area contributed by atoms with Crippen LogP contribution >= 0.6 is 11.3 Å². The minimum atomic E-state index is -0.00588. The smallest absolute Gasteiger partial charge is 0.133 e.